The Hall–Kier alpha value is -1.09. The molecule has 1 aromatic heterocycles. The molecule has 2 nitrogen and oxygen atoms in total. The molecule has 1 N–H and O–H groups in total. The minimum absolute atomic E-state index is 0.153. The van der Waals surface area contributed by atoms with E-state index >= 15 is 0 Å². The molecule has 1 amide bonds. The summed E-state index contributed by atoms with van der Waals surface area (Å²) in [5.74, 6) is 0.153. The number of nitrogens with one attached hydrogen (secondary N) is 1. The molecule has 1 aliphatic rings. The summed E-state index contributed by atoms with van der Waals surface area (Å²) in [6.45, 7) is 4.15. The van der Waals surface area contributed by atoms with Crippen LogP contribution in [0.5, 0.6) is 0 Å². The number of hydrogen-bond donors (Lipinski definition) is 1. The Kier molecular flexibility index (Phi) is 2.42. The SMILES string of the molecule is C=CCNC(=O)C1(c2cccs2)CC1. The van der Waals surface area contributed by atoms with Gasteiger partial charge in [0.15, 0.2) is 0 Å². The molecule has 0 bridgehead atoms. The Morgan fingerprint density at radius 3 is 3.00 bits per heavy atom. The van der Waals surface area contributed by atoms with Crippen molar-refractivity contribution >= 4 is 17.2 Å². The van der Waals surface area contributed by atoms with Crippen LogP contribution in [0.2, 0.25) is 0 Å². The standard InChI is InChI=1S/C11H13NOS/c1-2-7-12-10(13)11(5-6-11)9-4-3-8-14-9/h2-4,8H,1,5-7H2,(H,12,13). The van der Waals surface area contributed by atoms with Gasteiger partial charge in [0.05, 0.1) is 5.41 Å². The number of carbonyl (C=O) groups is 1. The van der Waals surface area contributed by atoms with Gasteiger partial charge in [-0.15, -0.1) is 17.9 Å². The lowest BCUT2D eigenvalue weighted by atomic mass is 10.0. The van der Waals surface area contributed by atoms with Gasteiger partial charge in [-0.3, -0.25) is 4.79 Å². The van der Waals surface area contributed by atoms with Gasteiger partial charge in [-0.1, -0.05) is 12.1 Å². The van der Waals surface area contributed by atoms with E-state index in [1.54, 1.807) is 17.4 Å². The van der Waals surface area contributed by atoms with Crippen molar-refractivity contribution in [3.05, 3.63) is 35.0 Å². The third-order valence-electron chi connectivity index (χ3n) is 2.58. The van der Waals surface area contributed by atoms with Gasteiger partial charge < -0.3 is 5.32 Å². The summed E-state index contributed by atoms with van der Waals surface area (Å²) in [6.07, 6.45) is 3.68. The summed E-state index contributed by atoms with van der Waals surface area (Å²) < 4.78 is 0. The molecule has 1 aliphatic carbocycles. The van der Waals surface area contributed by atoms with Crippen molar-refractivity contribution in [2.24, 2.45) is 0 Å². The predicted octanol–water partition coefficient (Wildman–Crippen LogP) is 2.08. The maximum atomic E-state index is 11.8. The zero-order chi connectivity index (χ0) is 10.0. The number of hydrogen-bond acceptors (Lipinski definition) is 2. The van der Waals surface area contributed by atoms with Gasteiger partial charge >= 0.3 is 0 Å². The van der Waals surface area contributed by atoms with Gasteiger partial charge in [-0.2, -0.15) is 0 Å². The number of carbonyl (C=O) groups excluding carboxylic acids is 1. The number of amides is 1. The average Bonchev–Trinajstić information content (AvgIpc) is 2.83. The molecule has 0 unspecified atom stereocenters. The molecule has 0 aromatic carbocycles. The first-order valence-corrected chi connectivity index (χ1v) is 5.61. The highest BCUT2D eigenvalue weighted by molar-refractivity contribution is 7.10. The summed E-state index contributed by atoms with van der Waals surface area (Å²) in [5.41, 5.74) is -0.197. The Balaban J connectivity index is 2.09. The third-order valence-corrected chi connectivity index (χ3v) is 3.66. The molecule has 0 aliphatic heterocycles. The van der Waals surface area contributed by atoms with Crippen LogP contribution in [0.3, 0.4) is 0 Å². The molecule has 1 heterocycles. The quantitative estimate of drug-likeness (QED) is 0.752. The van der Waals surface area contributed by atoms with E-state index in [4.69, 9.17) is 0 Å². The van der Waals surface area contributed by atoms with Crippen molar-refractivity contribution in [1.29, 1.82) is 0 Å². The lowest BCUT2D eigenvalue weighted by molar-refractivity contribution is -0.123. The van der Waals surface area contributed by atoms with Gasteiger partial charge in [0.25, 0.3) is 0 Å². The zero-order valence-corrected chi connectivity index (χ0v) is 8.77. The van der Waals surface area contributed by atoms with E-state index < -0.39 is 0 Å². The molecule has 14 heavy (non-hydrogen) atoms. The van der Waals surface area contributed by atoms with Crippen LogP contribution in [0.1, 0.15) is 17.7 Å². The predicted molar refractivity (Wildman–Crippen MR) is 58.4 cm³/mol. The minimum Gasteiger partial charge on any atom is -0.352 e. The molecular weight excluding hydrogens is 194 g/mol. The smallest absolute Gasteiger partial charge is 0.231 e. The molecule has 3 heteroatoms. The van der Waals surface area contributed by atoms with Crippen LogP contribution in [0.15, 0.2) is 30.2 Å². The molecule has 1 saturated carbocycles. The Labute approximate surface area is 87.6 Å². The summed E-state index contributed by atoms with van der Waals surface area (Å²) >= 11 is 1.67. The van der Waals surface area contributed by atoms with Crippen molar-refractivity contribution < 1.29 is 4.79 Å². The first-order chi connectivity index (χ1) is 6.79. The summed E-state index contributed by atoms with van der Waals surface area (Å²) in [6, 6.07) is 4.05. The molecule has 1 aromatic rings. The fraction of sp³-hybridized carbons (Fsp3) is 0.364. The molecule has 2 rings (SSSR count). The van der Waals surface area contributed by atoms with Gasteiger partial charge in [-0.25, -0.2) is 0 Å². The normalized spacial score (nSPS) is 17.4. The second-order valence-electron chi connectivity index (χ2n) is 3.56. The van der Waals surface area contributed by atoms with Gasteiger partial charge in [0.2, 0.25) is 5.91 Å². The zero-order valence-electron chi connectivity index (χ0n) is 7.95. The summed E-state index contributed by atoms with van der Waals surface area (Å²) in [5, 5.41) is 4.90. The fourth-order valence-electron chi connectivity index (χ4n) is 1.60. The highest BCUT2D eigenvalue weighted by Crippen LogP contribution is 2.50. The van der Waals surface area contributed by atoms with Gasteiger partial charge in [0.1, 0.15) is 0 Å². The minimum atomic E-state index is -0.197. The van der Waals surface area contributed by atoms with Crippen LogP contribution in [0.25, 0.3) is 0 Å². The fourth-order valence-corrected chi connectivity index (χ4v) is 2.58. The van der Waals surface area contributed by atoms with Crippen LogP contribution < -0.4 is 5.32 Å². The highest BCUT2D eigenvalue weighted by atomic mass is 32.1. The molecule has 1 fully saturated rings. The molecule has 0 spiro atoms. The maximum Gasteiger partial charge on any atom is 0.231 e. The van der Waals surface area contributed by atoms with E-state index in [-0.39, 0.29) is 11.3 Å². The number of rotatable bonds is 4. The van der Waals surface area contributed by atoms with Crippen molar-refractivity contribution in [1.82, 2.24) is 5.32 Å². The molecule has 0 saturated heterocycles. The largest absolute Gasteiger partial charge is 0.352 e. The van der Waals surface area contributed by atoms with E-state index in [2.05, 4.69) is 11.9 Å². The Morgan fingerprint density at radius 1 is 1.71 bits per heavy atom. The van der Waals surface area contributed by atoms with Crippen LogP contribution >= 0.6 is 11.3 Å². The third kappa shape index (κ3) is 1.48. The lowest BCUT2D eigenvalue weighted by Crippen LogP contribution is -2.34. The summed E-state index contributed by atoms with van der Waals surface area (Å²) in [4.78, 5) is 13.0. The second kappa shape index (κ2) is 3.58. The second-order valence-corrected chi connectivity index (χ2v) is 4.51. The van der Waals surface area contributed by atoms with Crippen LogP contribution in [0, 0.1) is 0 Å². The van der Waals surface area contributed by atoms with Gasteiger partial charge in [0, 0.05) is 11.4 Å². The summed E-state index contributed by atoms with van der Waals surface area (Å²) in [7, 11) is 0. The molecule has 0 radical (unpaired) electrons. The van der Waals surface area contributed by atoms with Crippen molar-refractivity contribution in [3.8, 4) is 0 Å². The van der Waals surface area contributed by atoms with Crippen molar-refractivity contribution in [2.75, 3.05) is 6.54 Å². The van der Waals surface area contributed by atoms with Crippen molar-refractivity contribution in [2.45, 2.75) is 18.3 Å². The first kappa shape index (κ1) is 9.46. The lowest BCUT2D eigenvalue weighted by Gasteiger charge is -2.12. The monoisotopic (exact) mass is 207 g/mol. The first-order valence-electron chi connectivity index (χ1n) is 4.73. The molecule has 0 atom stereocenters. The van der Waals surface area contributed by atoms with E-state index in [1.165, 1.54) is 4.88 Å². The van der Waals surface area contributed by atoms with Gasteiger partial charge in [-0.05, 0) is 24.3 Å². The van der Waals surface area contributed by atoms with E-state index in [9.17, 15) is 4.79 Å². The topological polar surface area (TPSA) is 29.1 Å². The van der Waals surface area contributed by atoms with Crippen LogP contribution in [0.4, 0.5) is 0 Å². The highest BCUT2D eigenvalue weighted by Gasteiger charge is 2.51. The Morgan fingerprint density at radius 2 is 2.50 bits per heavy atom. The van der Waals surface area contributed by atoms with E-state index in [1.807, 2.05) is 17.5 Å². The van der Waals surface area contributed by atoms with Crippen LogP contribution in [-0.2, 0) is 10.2 Å². The van der Waals surface area contributed by atoms with Crippen molar-refractivity contribution in [3.63, 3.8) is 0 Å². The van der Waals surface area contributed by atoms with Crippen LogP contribution in [-0.4, -0.2) is 12.5 Å². The maximum absolute atomic E-state index is 11.8. The van der Waals surface area contributed by atoms with E-state index in [0.29, 0.717) is 6.54 Å². The molecule has 74 valence electrons. The number of thiophene rings is 1. The van der Waals surface area contributed by atoms with E-state index in [0.717, 1.165) is 12.8 Å². The average molecular weight is 207 g/mol. The molecular formula is C11H13NOS. The Bertz CT molecular complexity index is 338.